The van der Waals surface area contributed by atoms with Crippen molar-refractivity contribution in [1.29, 1.82) is 0 Å². The van der Waals surface area contributed by atoms with Gasteiger partial charge < -0.3 is 5.73 Å². The number of hydrogen-bond donors (Lipinski definition) is 1. The average Bonchev–Trinajstić information content (AvgIpc) is 1.95. The summed E-state index contributed by atoms with van der Waals surface area (Å²) in [5.41, 5.74) is 6.52. The summed E-state index contributed by atoms with van der Waals surface area (Å²) in [6, 6.07) is 0.524. The summed E-state index contributed by atoms with van der Waals surface area (Å²) in [6.45, 7) is 7.29. The molecule has 1 unspecified atom stereocenters. The van der Waals surface area contributed by atoms with E-state index in [1.165, 1.54) is 32.1 Å². The van der Waals surface area contributed by atoms with E-state index in [1.807, 2.05) is 0 Å². The van der Waals surface area contributed by atoms with Crippen LogP contribution in [0.3, 0.4) is 0 Å². The summed E-state index contributed by atoms with van der Waals surface area (Å²) in [5.74, 6) is 2.83. The van der Waals surface area contributed by atoms with Crippen molar-refractivity contribution in [2.75, 3.05) is 0 Å². The number of rotatable bonds is 3. The van der Waals surface area contributed by atoms with Crippen LogP contribution in [0.25, 0.3) is 0 Å². The van der Waals surface area contributed by atoms with E-state index in [-0.39, 0.29) is 0 Å². The molecule has 0 aromatic rings. The molecule has 2 N–H and O–H groups in total. The van der Waals surface area contributed by atoms with E-state index < -0.39 is 0 Å². The van der Waals surface area contributed by atoms with Crippen molar-refractivity contribution in [2.45, 2.75) is 58.9 Å². The average molecular weight is 195 g/mol. The summed E-state index contributed by atoms with van der Waals surface area (Å²) in [6.07, 6.45) is 6.92. The Morgan fingerprint density at radius 3 is 2.36 bits per heavy atom. The molecule has 0 aromatic heterocycles. The fourth-order valence-electron chi connectivity index (χ4n) is 3.91. The Balaban J connectivity index is 1.75. The summed E-state index contributed by atoms with van der Waals surface area (Å²) in [7, 11) is 0. The molecule has 1 nitrogen and oxygen atoms in total. The molecule has 2 aliphatic carbocycles. The molecule has 0 saturated heterocycles. The van der Waals surface area contributed by atoms with Crippen molar-refractivity contribution in [1.82, 2.24) is 0 Å². The van der Waals surface area contributed by atoms with Crippen LogP contribution in [0.15, 0.2) is 0 Å². The monoisotopic (exact) mass is 195 g/mol. The van der Waals surface area contributed by atoms with Crippen LogP contribution < -0.4 is 5.73 Å². The molecule has 82 valence electrons. The lowest BCUT2D eigenvalue weighted by Gasteiger charge is -2.48. The largest absolute Gasteiger partial charge is 0.328 e. The summed E-state index contributed by atoms with van der Waals surface area (Å²) in [4.78, 5) is 0. The third-order valence-corrected chi connectivity index (χ3v) is 4.51. The molecule has 1 atom stereocenters. The van der Waals surface area contributed by atoms with Crippen molar-refractivity contribution in [2.24, 2.45) is 28.9 Å². The van der Waals surface area contributed by atoms with Crippen LogP contribution in [0.5, 0.6) is 0 Å². The molecule has 0 spiro atoms. The first-order chi connectivity index (χ1) is 6.48. The van der Waals surface area contributed by atoms with Crippen LogP contribution >= 0.6 is 0 Å². The van der Waals surface area contributed by atoms with Crippen LogP contribution in [-0.2, 0) is 0 Å². The van der Waals surface area contributed by atoms with Gasteiger partial charge in [-0.1, -0.05) is 20.8 Å². The Hall–Kier alpha value is -0.0400. The molecule has 2 fully saturated rings. The highest BCUT2D eigenvalue weighted by Crippen LogP contribution is 2.51. The molecule has 0 radical (unpaired) electrons. The van der Waals surface area contributed by atoms with Crippen LogP contribution in [0.2, 0.25) is 0 Å². The van der Waals surface area contributed by atoms with Crippen molar-refractivity contribution in [3.8, 4) is 0 Å². The maximum absolute atomic E-state index is 5.84. The van der Waals surface area contributed by atoms with E-state index >= 15 is 0 Å². The van der Waals surface area contributed by atoms with E-state index in [9.17, 15) is 0 Å². The molecule has 0 bridgehead atoms. The lowest BCUT2D eigenvalue weighted by molar-refractivity contribution is 0.0336. The fourth-order valence-corrected chi connectivity index (χ4v) is 3.91. The number of nitrogens with two attached hydrogens (primary N) is 1. The highest BCUT2D eigenvalue weighted by atomic mass is 14.7. The summed E-state index contributed by atoms with van der Waals surface area (Å²) >= 11 is 0. The Labute approximate surface area is 88.4 Å². The Morgan fingerprint density at radius 1 is 1.36 bits per heavy atom. The van der Waals surface area contributed by atoms with Crippen LogP contribution in [0, 0.1) is 23.2 Å². The lowest BCUT2D eigenvalue weighted by atomic mass is 9.58. The molecule has 2 saturated carbocycles. The minimum atomic E-state index is 0.524. The van der Waals surface area contributed by atoms with Crippen molar-refractivity contribution >= 4 is 0 Å². The van der Waals surface area contributed by atoms with Crippen LogP contribution in [0.4, 0.5) is 0 Å². The van der Waals surface area contributed by atoms with Gasteiger partial charge in [0.25, 0.3) is 0 Å². The second-order valence-electron chi connectivity index (χ2n) is 6.50. The van der Waals surface area contributed by atoms with Gasteiger partial charge in [0.05, 0.1) is 0 Å². The third kappa shape index (κ3) is 1.98. The van der Waals surface area contributed by atoms with E-state index in [0.29, 0.717) is 11.5 Å². The first kappa shape index (κ1) is 10.5. The molecule has 2 aliphatic rings. The molecule has 0 aliphatic heterocycles. The van der Waals surface area contributed by atoms with Gasteiger partial charge in [0.15, 0.2) is 0 Å². The van der Waals surface area contributed by atoms with Gasteiger partial charge in [-0.2, -0.15) is 0 Å². The van der Waals surface area contributed by atoms with Gasteiger partial charge in [0, 0.05) is 6.04 Å². The highest BCUT2D eigenvalue weighted by Gasteiger charge is 2.41. The maximum atomic E-state index is 5.84. The zero-order valence-electron chi connectivity index (χ0n) is 9.92. The summed E-state index contributed by atoms with van der Waals surface area (Å²) < 4.78 is 0. The molecule has 0 amide bonds. The summed E-state index contributed by atoms with van der Waals surface area (Å²) in [5, 5.41) is 0. The smallest absolute Gasteiger partial charge is 0.00443 e. The fraction of sp³-hybridized carbons (Fsp3) is 1.00. The third-order valence-electron chi connectivity index (χ3n) is 4.51. The molecular weight excluding hydrogens is 170 g/mol. The van der Waals surface area contributed by atoms with Gasteiger partial charge in [-0.05, 0) is 55.3 Å². The van der Waals surface area contributed by atoms with Gasteiger partial charge in [-0.3, -0.25) is 0 Å². The molecular formula is C13H25N. The van der Waals surface area contributed by atoms with Gasteiger partial charge in [0.2, 0.25) is 0 Å². The van der Waals surface area contributed by atoms with Gasteiger partial charge in [-0.25, -0.2) is 0 Å². The van der Waals surface area contributed by atoms with Gasteiger partial charge >= 0.3 is 0 Å². The Morgan fingerprint density at radius 2 is 1.93 bits per heavy atom. The minimum absolute atomic E-state index is 0.524. The molecule has 1 heteroatoms. The Bertz CT molecular complexity index is 199. The SMILES string of the molecule is CC1CC(C)(CC(C)C2CC(N)C2)C1. The van der Waals surface area contributed by atoms with E-state index in [0.717, 1.165) is 17.8 Å². The predicted molar refractivity (Wildman–Crippen MR) is 61.0 cm³/mol. The second kappa shape index (κ2) is 3.52. The minimum Gasteiger partial charge on any atom is -0.328 e. The Kier molecular flexibility index (Phi) is 2.63. The van der Waals surface area contributed by atoms with Gasteiger partial charge in [0.1, 0.15) is 0 Å². The second-order valence-corrected chi connectivity index (χ2v) is 6.50. The highest BCUT2D eigenvalue weighted by molar-refractivity contribution is 4.93. The van der Waals surface area contributed by atoms with Crippen molar-refractivity contribution in [3.05, 3.63) is 0 Å². The first-order valence-electron chi connectivity index (χ1n) is 6.24. The van der Waals surface area contributed by atoms with Gasteiger partial charge in [-0.15, -0.1) is 0 Å². The van der Waals surface area contributed by atoms with Crippen molar-refractivity contribution < 1.29 is 0 Å². The zero-order valence-corrected chi connectivity index (χ0v) is 9.92. The molecule has 0 aromatic carbocycles. The quantitative estimate of drug-likeness (QED) is 0.735. The molecule has 14 heavy (non-hydrogen) atoms. The standard InChI is InChI=1S/C13H25N/c1-9-6-13(3,7-9)8-10(2)11-4-12(14)5-11/h9-12H,4-8,14H2,1-3H3. The first-order valence-corrected chi connectivity index (χ1v) is 6.24. The topological polar surface area (TPSA) is 26.0 Å². The molecule has 2 rings (SSSR count). The van der Waals surface area contributed by atoms with E-state index in [1.54, 1.807) is 0 Å². The van der Waals surface area contributed by atoms with Crippen molar-refractivity contribution in [3.63, 3.8) is 0 Å². The zero-order chi connectivity index (χ0) is 10.3. The normalized spacial score (nSPS) is 49.3. The van der Waals surface area contributed by atoms with Crippen LogP contribution in [-0.4, -0.2) is 6.04 Å². The molecule has 0 heterocycles. The maximum Gasteiger partial charge on any atom is 0.00443 e. The van der Waals surface area contributed by atoms with Crippen LogP contribution in [0.1, 0.15) is 52.9 Å². The van der Waals surface area contributed by atoms with E-state index in [2.05, 4.69) is 20.8 Å². The number of hydrogen-bond acceptors (Lipinski definition) is 1. The lowest BCUT2D eigenvalue weighted by Crippen LogP contribution is -2.42. The predicted octanol–water partition coefficient (Wildman–Crippen LogP) is 3.19. The van der Waals surface area contributed by atoms with E-state index in [4.69, 9.17) is 5.73 Å².